The van der Waals surface area contributed by atoms with Crippen LogP contribution in [-0.4, -0.2) is 22.9 Å². The zero-order chi connectivity index (χ0) is 9.84. The van der Waals surface area contributed by atoms with Gasteiger partial charge in [0.1, 0.15) is 5.75 Å². The lowest BCUT2D eigenvalue weighted by Gasteiger charge is -2.09. The van der Waals surface area contributed by atoms with Gasteiger partial charge in [0, 0.05) is 17.4 Å². The Hall–Kier alpha value is -0.580. The van der Waals surface area contributed by atoms with Gasteiger partial charge in [-0.2, -0.15) is 0 Å². The Kier molecular flexibility index (Phi) is 3.71. The van der Waals surface area contributed by atoms with Crippen molar-refractivity contribution in [2.45, 2.75) is 12.5 Å². The van der Waals surface area contributed by atoms with Crippen molar-refractivity contribution < 1.29 is 10.2 Å². The first-order valence-corrected chi connectivity index (χ1v) is 4.78. The summed E-state index contributed by atoms with van der Waals surface area (Å²) < 4.78 is 0.873. The molecular formula is C9H12BrNO2. The van der Waals surface area contributed by atoms with Crippen molar-refractivity contribution in [2.75, 3.05) is 6.54 Å². The smallest absolute Gasteiger partial charge is 0.115 e. The quantitative estimate of drug-likeness (QED) is 0.745. The van der Waals surface area contributed by atoms with E-state index < -0.39 is 6.10 Å². The molecule has 1 unspecified atom stereocenters. The summed E-state index contributed by atoms with van der Waals surface area (Å²) in [5.41, 5.74) is 6.14. The van der Waals surface area contributed by atoms with E-state index in [0.29, 0.717) is 6.42 Å². The SMILES string of the molecule is NCC(O)Cc1cc(O)ccc1Br. The third-order valence-electron chi connectivity index (χ3n) is 1.76. The molecule has 0 aromatic heterocycles. The van der Waals surface area contributed by atoms with Gasteiger partial charge >= 0.3 is 0 Å². The van der Waals surface area contributed by atoms with Crippen LogP contribution in [0, 0.1) is 0 Å². The van der Waals surface area contributed by atoms with Crippen LogP contribution in [0.3, 0.4) is 0 Å². The number of phenols is 1. The van der Waals surface area contributed by atoms with E-state index in [0.717, 1.165) is 10.0 Å². The lowest BCUT2D eigenvalue weighted by atomic mass is 10.1. The lowest BCUT2D eigenvalue weighted by molar-refractivity contribution is 0.183. The summed E-state index contributed by atoms with van der Waals surface area (Å²) in [6.45, 7) is 0.224. The fraction of sp³-hybridized carbons (Fsp3) is 0.333. The predicted molar refractivity (Wildman–Crippen MR) is 54.6 cm³/mol. The third kappa shape index (κ3) is 2.99. The van der Waals surface area contributed by atoms with Gasteiger partial charge in [0.25, 0.3) is 0 Å². The van der Waals surface area contributed by atoms with Crippen molar-refractivity contribution >= 4 is 15.9 Å². The Balaban J connectivity index is 2.81. The number of aromatic hydroxyl groups is 1. The van der Waals surface area contributed by atoms with Gasteiger partial charge in [0.15, 0.2) is 0 Å². The molecule has 4 heteroatoms. The van der Waals surface area contributed by atoms with Gasteiger partial charge in [-0.15, -0.1) is 0 Å². The van der Waals surface area contributed by atoms with Gasteiger partial charge < -0.3 is 15.9 Å². The summed E-state index contributed by atoms with van der Waals surface area (Å²) in [5, 5.41) is 18.5. The normalized spacial score (nSPS) is 12.8. The number of aliphatic hydroxyl groups is 1. The highest BCUT2D eigenvalue weighted by atomic mass is 79.9. The molecule has 0 saturated carbocycles. The highest BCUT2D eigenvalue weighted by molar-refractivity contribution is 9.10. The van der Waals surface area contributed by atoms with Crippen LogP contribution in [0.15, 0.2) is 22.7 Å². The number of rotatable bonds is 3. The number of halogens is 1. The summed E-state index contributed by atoms with van der Waals surface area (Å²) >= 11 is 3.33. The molecule has 0 heterocycles. The number of aliphatic hydroxyl groups excluding tert-OH is 1. The van der Waals surface area contributed by atoms with E-state index in [1.165, 1.54) is 0 Å². The Labute approximate surface area is 85.3 Å². The van der Waals surface area contributed by atoms with Crippen LogP contribution in [0.25, 0.3) is 0 Å². The molecule has 0 radical (unpaired) electrons. The number of phenolic OH excluding ortho intramolecular Hbond substituents is 1. The molecule has 72 valence electrons. The topological polar surface area (TPSA) is 66.5 Å². The monoisotopic (exact) mass is 245 g/mol. The molecule has 0 bridgehead atoms. The minimum Gasteiger partial charge on any atom is -0.508 e. The number of hydrogen-bond donors (Lipinski definition) is 3. The second-order valence-electron chi connectivity index (χ2n) is 2.87. The molecule has 0 amide bonds. The standard InChI is InChI=1S/C9H12BrNO2/c10-9-2-1-7(12)3-6(9)4-8(13)5-11/h1-3,8,12-13H,4-5,11H2. The zero-order valence-corrected chi connectivity index (χ0v) is 8.66. The fourth-order valence-corrected chi connectivity index (χ4v) is 1.46. The average Bonchev–Trinajstić information content (AvgIpc) is 2.11. The van der Waals surface area contributed by atoms with Crippen LogP contribution < -0.4 is 5.73 Å². The van der Waals surface area contributed by atoms with Crippen LogP contribution >= 0.6 is 15.9 Å². The Morgan fingerprint density at radius 2 is 2.15 bits per heavy atom. The van der Waals surface area contributed by atoms with E-state index in [4.69, 9.17) is 5.73 Å². The van der Waals surface area contributed by atoms with Crippen molar-refractivity contribution in [3.8, 4) is 5.75 Å². The minimum absolute atomic E-state index is 0.197. The molecule has 0 aliphatic heterocycles. The van der Waals surface area contributed by atoms with Gasteiger partial charge in [-0.3, -0.25) is 0 Å². The highest BCUT2D eigenvalue weighted by Crippen LogP contribution is 2.22. The number of nitrogens with two attached hydrogens (primary N) is 1. The molecule has 4 N–H and O–H groups in total. The molecule has 1 rings (SSSR count). The average molecular weight is 246 g/mol. The molecule has 1 atom stereocenters. The summed E-state index contributed by atoms with van der Waals surface area (Å²) in [7, 11) is 0. The maximum Gasteiger partial charge on any atom is 0.115 e. The first-order valence-electron chi connectivity index (χ1n) is 3.99. The van der Waals surface area contributed by atoms with E-state index in [1.54, 1.807) is 18.2 Å². The molecule has 0 aliphatic rings. The predicted octanol–water partition coefficient (Wildman–Crippen LogP) is 1.02. The van der Waals surface area contributed by atoms with Crippen molar-refractivity contribution in [3.05, 3.63) is 28.2 Å². The van der Waals surface area contributed by atoms with Crippen LogP contribution in [0.4, 0.5) is 0 Å². The van der Waals surface area contributed by atoms with E-state index in [-0.39, 0.29) is 12.3 Å². The van der Waals surface area contributed by atoms with Crippen LogP contribution in [0.1, 0.15) is 5.56 Å². The summed E-state index contributed by atoms with van der Waals surface area (Å²) in [6, 6.07) is 4.94. The van der Waals surface area contributed by atoms with Crippen molar-refractivity contribution in [3.63, 3.8) is 0 Å². The molecule has 0 saturated heterocycles. The maximum absolute atomic E-state index is 9.30. The van der Waals surface area contributed by atoms with Gasteiger partial charge in [-0.1, -0.05) is 15.9 Å². The molecule has 0 fully saturated rings. The molecule has 13 heavy (non-hydrogen) atoms. The molecule has 1 aromatic carbocycles. The molecule has 0 spiro atoms. The van der Waals surface area contributed by atoms with E-state index in [2.05, 4.69) is 15.9 Å². The Morgan fingerprint density at radius 1 is 1.46 bits per heavy atom. The van der Waals surface area contributed by atoms with E-state index in [1.807, 2.05) is 0 Å². The molecule has 3 nitrogen and oxygen atoms in total. The van der Waals surface area contributed by atoms with Gasteiger partial charge in [-0.25, -0.2) is 0 Å². The van der Waals surface area contributed by atoms with E-state index in [9.17, 15) is 10.2 Å². The summed E-state index contributed by atoms with van der Waals surface area (Å²) in [6.07, 6.45) is -0.107. The zero-order valence-electron chi connectivity index (χ0n) is 7.07. The lowest BCUT2D eigenvalue weighted by Crippen LogP contribution is -2.22. The Bertz CT molecular complexity index is 291. The second-order valence-corrected chi connectivity index (χ2v) is 3.72. The minimum atomic E-state index is -0.557. The second kappa shape index (κ2) is 4.60. The summed E-state index contributed by atoms with van der Waals surface area (Å²) in [4.78, 5) is 0. The summed E-state index contributed by atoms with van der Waals surface area (Å²) in [5.74, 6) is 0.197. The number of hydrogen-bond acceptors (Lipinski definition) is 3. The fourth-order valence-electron chi connectivity index (χ4n) is 1.05. The molecule has 1 aromatic rings. The number of benzene rings is 1. The van der Waals surface area contributed by atoms with Crippen molar-refractivity contribution in [1.29, 1.82) is 0 Å². The third-order valence-corrected chi connectivity index (χ3v) is 2.53. The molecule has 0 aliphatic carbocycles. The van der Waals surface area contributed by atoms with Crippen LogP contribution in [0.5, 0.6) is 5.75 Å². The first kappa shape index (κ1) is 10.5. The molecular weight excluding hydrogens is 234 g/mol. The first-order chi connectivity index (χ1) is 6.13. The highest BCUT2D eigenvalue weighted by Gasteiger charge is 2.06. The van der Waals surface area contributed by atoms with Crippen LogP contribution in [-0.2, 0) is 6.42 Å². The van der Waals surface area contributed by atoms with Gasteiger partial charge in [0.2, 0.25) is 0 Å². The van der Waals surface area contributed by atoms with Crippen LogP contribution in [0.2, 0.25) is 0 Å². The van der Waals surface area contributed by atoms with Gasteiger partial charge in [0.05, 0.1) is 6.10 Å². The van der Waals surface area contributed by atoms with Crippen molar-refractivity contribution in [2.24, 2.45) is 5.73 Å². The Morgan fingerprint density at radius 3 is 2.77 bits per heavy atom. The maximum atomic E-state index is 9.30. The largest absolute Gasteiger partial charge is 0.508 e. The van der Waals surface area contributed by atoms with Crippen molar-refractivity contribution in [1.82, 2.24) is 0 Å². The van der Waals surface area contributed by atoms with E-state index >= 15 is 0 Å². The van der Waals surface area contributed by atoms with Gasteiger partial charge in [-0.05, 0) is 23.8 Å².